The number of para-hydroxylation sites is 1. The lowest BCUT2D eigenvalue weighted by Gasteiger charge is -2.22. The number of fused-ring (bicyclic) bond motifs is 3. The van der Waals surface area contributed by atoms with Gasteiger partial charge in [-0.3, -0.25) is 18.9 Å². The highest BCUT2D eigenvalue weighted by molar-refractivity contribution is 8.00. The number of benzene rings is 2. The highest BCUT2D eigenvalue weighted by atomic mass is 35.5. The molecule has 1 fully saturated rings. The van der Waals surface area contributed by atoms with Gasteiger partial charge in [0.25, 0.3) is 5.91 Å². The quantitative estimate of drug-likeness (QED) is 0.410. The van der Waals surface area contributed by atoms with Crippen LogP contribution >= 0.6 is 34.7 Å². The molecule has 2 aromatic carbocycles. The molecule has 0 bridgehead atoms. The van der Waals surface area contributed by atoms with Gasteiger partial charge in [-0.15, -0.1) is 10.2 Å². The lowest BCUT2D eigenvalue weighted by atomic mass is 10.2. The molecule has 1 aliphatic heterocycles. The molecule has 1 atom stereocenters. The van der Waals surface area contributed by atoms with E-state index >= 15 is 0 Å². The van der Waals surface area contributed by atoms with Crippen LogP contribution in [0.25, 0.3) is 15.2 Å². The Kier molecular flexibility index (Phi) is 5.22. The van der Waals surface area contributed by atoms with Crippen LogP contribution in [-0.2, 0) is 4.79 Å². The van der Waals surface area contributed by atoms with E-state index in [0.29, 0.717) is 28.7 Å². The Hall–Kier alpha value is -2.42. The number of halogens is 1. The van der Waals surface area contributed by atoms with Crippen LogP contribution in [0.4, 0.5) is 0 Å². The number of carbonyl (C=O) groups excluding carboxylic acids is 2. The SMILES string of the molecule is O=C(c1ccc(Cl)cc1)N1CCCC[C@@H](Sc2nnc3sc4ccccc4n23)C1=O. The van der Waals surface area contributed by atoms with E-state index in [2.05, 4.69) is 10.2 Å². The summed E-state index contributed by atoms with van der Waals surface area (Å²) in [7, 11) is 0. The fourth-order valence-corrected chi connectivity index (χ4v) is 5.92. The van der Waals surface area contributed by atoms with E-state index < -0.39 is 0 Å². The predicted octanol–water partition coefficient (Wildman–Crippen LogP) is 4.91. The molecule has 9 heteroatoms. The number of likely N-dealkylation sites (tertiary alicyclic amines) is 1. The van der Waals surface area contributed by atoms with E-state index in [9.17, 15) is 9.59 Å². The molecule has 6 nitrogen and oxygen atoms in total. The molecule has 1 aliphatic rings. The molecule has 1 saturated heterocycles. The Labute approximate surface area is 185 Å². The molecule has 152 valence electrons. The Morgan fingerprint density at radius 1 is 1.10 bits per heavy atom. The molecule has 0 spiro atoms. The lowest BCUT2D eigenvalue weighted by Crippen LogP contribution is -2.41. The second kappa shape index (κ2) is 8.02. The molecule has 3 heterocycles. The fraction of sp³-hybridized carbons (Fsp3) is 0.238. The molecular weight excluding hydrogens is 440 g/mol. The van der Waals surface area contributed by atoms with Crippen molar-refractivity contribution in [2.45, 2.75) is 29.7 Å². The summed E-state index contributed by atoms with van der Waals surface area (Å²) in [6.45, 7) is 0.425. The van der Waals surface area contributed by atoms with Crippen LogP contribution in [0.1, 0.15) is 29.6 Å². The van der Waals surface area contributed by atoms with Gasteiger partial charge in [-0.05, 0) is 49.2 Å². The molecule has 2 amide bonds. The predicted molar refractivity (Wildman–Crippen MR) is 119 cm³/mol. The third-order valence-corrected chi connectivity index (χ3v) is 7.60. The number of thioether (sulfide) groups is 1. The number of thiazole rings is 1. The van der Waals surface area contributed by atoms with Crippen molar-refractivity contribution in [1.82, 2.24) is 19.5 Å². The van der Waals surface area contributed by atoms with Crippen LogP contribution < -0.4 is 0 Å². The highest BCUT2D eigenvalue weighted by Gasteiger charge is 2.33. The second-order valence-electron chi connectivity index (χ2n) is 7.07. The minimum Gasteiger partial charge on any atom is -0.278 e. The zero-order valence-electron chi connectivity index (χ0n) is 15.8. The van der Waals surface area contributed by atoms with Gasteiger partial charge in [0.1, 0.15) is 0 Å². The maximum atomic E-state index is 13.3. The first kappa shape index (κ1) is 19.5. The van der Waals surface area contributed by atoms with Crippen LogP contribution in [0, 0.1) is 0 Å². The first-order chi connectivity index (χ1) is 14.6. The molecular formula is C21H17ClN4O2S2. The van der Waals surface area contributed by atoms with Crippen molar-refractivity contribution < 1.29 is 9.59 Å². The summed E-state index contributed by atoms with van der Waals surface area (Å²) < 4.78 is 3.12. The van der Waals surface area contributed by atoms with Crippen molar-refractivity contribution in [2.24, 2.45) is 0 Å². The maximum absolute atomic E-state index is 13.3. The molecule has 5 rings (SSSR count). The summed E-state index contributed by atoms with van der Waals surface area (Å²) in [5, 5.41) is 9.46. The first-order valence-electron chi connectivity index (χ1n) is 9.62. The standard InChI is InChI=1S/C21H17ClN4O2S2/c22-14-10-8-13(9-11-14)18(27)25-12-4-3-7-17(19(25)28)30-21-24-23-20-26(21)15-5-1-2-6-16(15)29-20/h1-2,5-6,8-11,17H,3-4,7,12H2/t17-/m1/s1. The maximum Gasteiger partial charge on any atom is 0.260 e. The van der Waals surface area contributed by atoms with Crippen LogP contribution in [0.5, 0.6) is 0 Å². The van der Waals surface area contributed by atoms with Gasteiger partial charge in [-0.1, -0.05) is 53.3 Å². The fourth-order valence-electron chi connectivity index (χ4n) is 3.63. The zero-order chi connectivity index (χ0) is 20.7. The van der Waals surface area contributed by atoms with Crippen LogP contribution in [-0.4, -0.2) is 43.1 Å². The molecule has 0 unspecified atom stereocenters. The smallest absolute Gasteiger partial charge is 0.260 e. The number of hydrogen-bond acceptors (Lipinski definition) is 6. The number of carbonyl (C=O) groups is 2. The number of rotatable bonds is 3. The number of nitrogens with zero attached hydrogens (tertiary/aromatic N) is 4. The third kappa shape index (κ3) is 3.49. The van der Waals surface area contributed by atoms with Gasteiger partial charge in [0.2, 0.25) is 10.9 Å². The van der Waals surface area contributed by atoms with Gasteiger partial charge in [0.15, 0.2) is 5.16 Å². The topological polar surface area (TPSA) is 67.6 Å². The normalized spacial score (nSPS) is 17.6. The van der Waals surface area contributed by atoms with E-state index in [-0.39, 0.29) is 17.1 Å². The minimum atomic E-state index is -0.380. The van der Waals surface area contributed by atoms with Gasteiger partial charge < -0.3 is 0 Å². The molecule has 2 aromatic heterocycles. The van der Waals surface area contributed by atoms with Crippen LogP contribution in [0.2, 0.25) is 5.02 Å². The number of amides is 2. The lowest BCUT2D eigenvalue weighted by molar-refractivity contribution is -0.127. The minimum absolute atomic E-state index is 0.172. The van der Waals surface area contributed by atoms with Crippen molar-refractivity contribution in [3.63, 3.8) is 0 Å². The first-order valence-corrected chi connectivity index (χ1v) is 11.7. The van der Waals surface area contributed by atoms with Crippen LogP contribution in [0.15, 0.2) is 53.7 Å². The number of aromatic nitrogens is 3. The number of hydrogen-bond donors (Lipinski definition) is 0. The van der Waals surface area contributed by atoms with E-state index in [4.69, 9.17) is 11.6 Å². The Morgan fingerprint density at radius 3 is 2.73 bits per heavy atom. The molecule has 30 heavy (non-hydrogen) atoms. The Bertz CT molecular complexity index is 1250. The van der Waals surface area contributed by atoms with E-state index in [1.54, 1.807) is 35.6 Å². The van der Waals surface area contributed by atoms with Gasteiger partial charge in [-0.2, -0.15) is 0 Å². The average Bonchev–Trinajstić information content (AvgIpc) is 3.26. The van der Waals surface area contributed by atoms with Crippen LogP contribution in [0.3, 0.4) is 0 Å². The van der Waals surface area contributed by atoms with E-state index in [1.807, 2.05) is 28.7 Å². The molecule has 0 aliphatic carbocycles. The summed E-state index contributed by atoms with van der Waals surface area (Å²) in [5.74, 6) is -0.453. The summed E-state index contributed by atoms with van der Waals surface area (Å²) in [4.78, 5) is 28.5. The summed E-state index contributed by atoms with van der Waals surface area (Å²) >= 11 is 8.89. The van der Waals surface area contributed by atoms with Gasteiger partial charge in [0, 0.05) is 17.1 Å². The van der Waals surface area contributed by atoms with Crippen molar-refractivity contribution in [3.8, 4) is 0 Å². The average molecular weight is 457 g/mol. The van der Waals surface area contributed by atoms with Crippen molar-refractivity contribution >= 4 is 61.7 Å². The monoisotopic (exact) mass is 456 g/mol. The molecule has 0 saturated carbocycles. The van der Waals surface area contributed by atoms with Gasteiger partial charge >= 0.3 is 0 Å². The summed E-state index contributed by atoms with van der Waals surface area (Å²) in [5.41, 5.74) is 1.49. The van der Waals surface area contributed by atoms with E-state index in [1.165, 1.54) is 16.7 Å². The Balaban J connectivity index is 1.44. The largest absolute Gasteiger partial charge is 0.278 e. The van der Waals surface area contributed by atoms with Crippen molar-refractivity contribution in [3.05, 3.63) is 59.1 Å². The highest BCUT2D eigenvalue weighted by Crippen LogP contribution is 2.34. The molecule has 4 aromatic rings. The van der Waals surface area contributed by atoms with Crippen molar-refractivity contribution in [2.75, 3.05) is 6.54 Å². The van der Waals surface area contributed by atoms with E-state index in [0.717, 1.165) is 28.0 Å². The number of imide groups is 1. The van der Waals surface area contributed by atoms with Gasteiger partial charge in [-0.25, -0.2) is 0 Å². The molecule has 0 radical (unpaired) electrons. The molecule has 0 N–H and O–H groups in total. The Morgan fingerprint density at radius 2 is 1.90 bits per heavy atom. The zero-order valence-corrected chi connectivity index (χ0v) is 18.2. The van der Waals surface area contributed by atoms with Crippen molar-refractivity contribution in [1.29, 1.82) is 0 Å². The third-order valence-electron chi connectivity index (χ3n) is 5.13. The summed E-state index contributed by atoms with van der Waals surface area (Å²) in [6, 6.07) is 14.7. The second-order valence-corrected chi connectivity index (χ2v) is 9.69. The van der Waals surface area contributed by atoms with Gasteiger partial charge in [0.05, 0.1) is 15.5 Å². The summed E-state index contributed by atoms with van der Waals surface area (Å²) in [6.07, 6.45) is 2.36.